The molecule has 1 aliphatic rings. The standard InChI is InChI=1S/C13H15BrClN3O3/c1-13(21)8(2-6(4-19)10(13)20)18-3-7(14)9-11(15)16-5-17-12(9)18/h3,5-6,8,10,19-21H,2,4H2,1H3/t6?,8?,10?,13-/m0/s1. The average Bonchev–Trinajstić information content (AvgIpc) is 2.87. The van der Waals surface area contributed by atoms with Gasteiger partial charge in [0.1, 0.15) is 22.7 Å². The van der Waals surface area contributed by atoms with E-state index in [1.807, 2.05) is 0 Å². The molecule has 0 aliphatic heterocycles. The number of aliphatic hydroxyl groups excluding tert-OH is 2. The van der Waals surface area contributed by atoms with E-state index in [1.54, 1.807) is 17.7 Å². The van der Waals surface area contributed by atoms with Crippen LogP contribution in [0.1, 0.15) is 19.4 Å². The minimum atomic E-state index is -1.36. The maximum atomic E-state index is 10.6. The molecule has 2 heterocycles. The Balaban J connectivity index is 2.15. The summed E-state index contributed by atoms with van der Waals surface area (Å²) < 4.78 is 2.51. The van der Waals surface area contributed by atoms with E-state index in [1.165, 1.54) is 6.33 Å². The molecular formula is C13H15BrClN3O3. The Morgan fingerprint density at radius 3 is 2.86 bits per heavy atom. The second-order valence-electron chi connectivity index (χ2n) is 5.61. The SMILES string of the molecule is C[C@@]1(O)C(O)C(CO)CC1n1cc(Br)c2c(Cl)ncnc21. The molecule has 1 fully saturated rings. The predicted molar refractivity (Wildman–Crippen MR) is 81.1 cm³/mol. The molecule has 6 nitrogen and oxygen atoms in total. The van der Waals surface area contributed by atoms with Gasteiger partial charge in [0.25, 0.3) is 0 Å². The van der Waals surface area contributed by atoms with Crippen molar-refractivity contribution in [2.24, 2.45) is 5.92 Å². The molecule has 1 aliphatic carbocycles. The van der Waals surface area contributed by atoms with Crippen molar-refractivity contribution < 1.29 is 15.3 Å². The third kappa shape index (κ3) is 2.19. The summed E-state index contributed by atoms with van der Waals surface area (Å²) in [6.07, 6.45) is 2.58. The molecule has 114 valence electrons. The summed E-state index contributed by atoms with van der Waals surface area (Å²) in [6, 6.07) is -0.413. The Morgan fingerprint density at radius 2 is 2.24 bits per heavy atom. The fourth-order valence-corrected chi connectivity index (χ4v) is 4.07. The lowest BCUT2D eigenvalue weighted by molar-refractivity contribution is -0.0776. The van der Waals surface area contributed by atoms with Gasteiger partial charge in [-0.15, -0.1) is 0 Å². The zero-order valence-electron chi connectivity index (χ0n) is 11.2. The molecule has 2 aromatic rings. The van der Waals surface area contributed by atoms with E-state index in [0.717, 1.165) is 4.47 Å². The lowest BCUT2D eigenvalue weighted by Crippen LogP contribution is -2.42. The Labute approximate surface area is 134 Å². The highest BCUT2D eigenvalue weighted by atomic mass is 79.9. The summed E-state index contributed by atoms with van der Waals surface area (Å²) in [5, 5.41) is 31.2. The van der Waals surface area contributed by atoms with Gasteiger partial charge in [0.05, 0.1) is 17.5 Å². The highest BCUT2D eigenvalue weighted by Crippen LogP contribution is 2.45. The number of halogens is 2. The van der Waals surface area contributed by atoms with Crippen LogP contribution >= 0.6 is 27.5 Å². The number of rotatable bonds is 2. The van der Waals surface area contributed by atoms with Crippen LogP contribution in [-0.4, -0.2) is 48.2 Å². The Bertz CT molecular complexity index is 691. The van der Waals surface area contributed by atoms with Gasteiger partial charge < -0.3 is 19.9 Å². The van der Waals surface area contributed by atoms with Crippen molar-refractivity contribution in [3.05, 3.63) is 22.1 Å². The Morgan fingerprint density at radius 1 is 1.52 bits per heavy atom. The molecule has 0 spiro atoms. The normalized spacial score (nSPS) is 33.0. The van der Waals surface area contributed by atoms with Crippen molar-refractivity contribution in [3.8, 4) is 0 Å². The van der Waals surface area contributed by atoms with Gasteiger partial charge in [-0.25, -0.2) is 9.97 Å². The molecule has 3 rings (SSSR count). The molecule has 3 unspecified atom stereocenters. The topological polar surface area (TPSA) is 91.4 Å². The maximum absolute atomic E-state index is 10.6. The fraction of sp³-hybridized carbons (Fsp3) is 0.538. The van der Waals surface area contributed by atoms with E-state index < -0.39 is 17.7 Å². The van der Waals surface area contributed by atoms with Crippen LogP contribution in [-0.2, 0) is 0 Å². The van der Waals surface area contributed by atoms with Gasteiger partial charge in [-0.05, 0) is 29.3 Å². The summed E-state index contributed by atoms with van der Waals surface area (Å²) in [5.41, 5.74) is -0.783. The molecular weight excluding hydrogens is 362 g/mol. The van der Waals surface area contributed by atoms with Crippen LogP contribution in [0.4, 0.5) is 0 Å². The lowest BCUT2D eigenvalue weighted by Gasteiger charge is -2.30. The monoisotopic (exact) mass is 375 g/mol. The number of fused-ring (bicyclic) bond motifs is 1. The summed E-state index contributed by atoms with van der Waals surface area (Å²) in [6.45, 7) is 1.39. The molecule has 0 aromatic carbocycles. The molecule has 1 saturated carbocycles. The highest BCUT2D eigenvalue weighted by Gasteiger charge is 2.51. The third-order valence-electron chi connectivity index (χ3n) is 4.33. The minimum Gasteiger partial charge on any atom is -0.396 e. The zero-order chi connectivity index (χ0) is 15.4. The number of aromatic nitrogens is 3. The summed E-state index contributed by atoms with van der Waals surface area (Å²) in [4.78, 5) is 8.18. The van der Waals surface area contributed by atoms with Gasteiger partial charge >= 0.3 is 0 Å². The highest BCUT2D eigenvalue weighted by molar-refractivity contribution is 9.10. The van der Waals surface area contributed by atoms with Crippen LogP contribution in [0.15, 0.2) is 17.0 Å². The van der Waals surface area contributed by atoms with Gasteiger partial charge in [0.15, 0.2) is 0 Å². The maximum Gasteiger partial charge on any atom is 0.146 e. The number of nitrogens with zero attached hydrogens (tertiary/aromatic N) is 3. The van der Waals surface area contributed by atoms with Crippen molar-refractivity contribution in [3.63, 3.8) is 0 Å². The fourth-order valence-electron chi connectivity index (χ4n) is 3.14. The van der Waals surface area contributed by atoms with Gasteiger partial charge in [-0.1, -0.05) is 11.6 Å². The Kier molecular flexibility index (Phi) is 3.74. The van der Waals surface area contributed by atoms with Crippen LogP contribution in [0.25, 0.3) is 11.0 Å². The van der Waals surface area contributed by atoms with Crippen LogP contribution in [0.5, 0.6) is 0 Å². The molecule has 0 saturated heterocycles. The second kappa shape index (κ2) is 5.17. The van der Waals surface area contributed by atoms with E-state index >= 15 is 0 Å². The predicted octanol–water partition coefficient (Wildman–Crippen LogP) is 1.51. The molecule has 0 amide bonds. The summed E-state index contributed by atoms with van der Waals surface area (Å²) in [7, 11) is 0. The van der Waals surface area contributed by atoms with E-state index in [2.05, 4.69) is 25.9 Å². The number of aliphatic hydroxyl groups is 3. The Hall–Kier alpha value is -0.730. The van der Waals surface area contributed by atoms with Gasteiger partial charge in [-0.2, -0.15) is 0 Å². The number of hydrogen-bond acceptors (Lipinski definition) is 5. The van der Waals surface area contributed by atoms with Crippen molar-refractivity contribution in [2.75, 3.05) is 6.61 Å². The van der Waals surface area contributed by atoms with Crippen LogP contribution < -0.4 is 0 Å². The van der Waals surface area contributed by atoms with E-state index in [0.29, 0.717) is 22.6 Å². The molecule has 2 aromatic heterocycles. The molecule has 0 bridgehead atoms. The first-order valence-corrected chi connectivity index (χ1v) is 7.72. The smallest absolute Gasteiger partial charge is 0.146 e. The quantitative estimate of drug-likeness (QED) is 0.691. The molecule has 21 heavy (non-hydrogen) atoms. The van der Waals surface area contributed by atoms with Crippen LogP contribution in [0.3, 0.4) is 0 Å². The van der Waals surface area contributed by atoms with E-state index in [9.17, 15) is 15.3 Å². The van der Waals surface area contributed by atoms with Crippen molar-refractivity contribution in [1.29, 1.82) is 0 Å². The largest absolute Gasteiger partial charge is 0.396 e. The molecule has 8 heteroatoms. The van der Waals surface area contributed by atoms with Gasteiger partial charge in [-0.3, -0.25) is 0 Å². The lowest BCUT2D eigenvalue weighted by atomic mass is 9.96. The van der Waals surface area contributed by atoms with Crippen molar-refractivity contribution >= 4 is 38.6 Å². The minimum absolute atomic E-state index is 0.177. The first kappa shape index (κ1) is 15.2. The zero-order valence-corrected chi connectivity index (χ0v) is 13.6. The summed E-state index contributed by atoms with van der Waals surface area (Å²) >= 11 is 9.51. The van der Waals surface area contributed by atoms with Crippen LogP contribution in [0.2, 0.25) is 5.15 Å². The van der Waals surface area contributed by atoms with Gasteiger partial charge in [0.2, 0.25) is 0 Å². The molecule has 4 atom stereocenters. The van der Waals surface area contributed by atoms with Crippen molar-refractivity contribution in [1.82, 2.24) is 14.5 Å². The van der Waals surface area contributed by atoms with E-state index in [4.69, 9.17) is 11.6 Å². The first-order valence-electron chi connectivity index (χ1n) is 6.55. The summed E-state index contributed by atoms with van der Waals surface area (Å²) in [5.74, 6) is -0.376. The van der Waals surface area contributed by atoms with E-state index in [-0.39, 0.29) is 12.5 Å². The van der Waals surface area contributed by atoms with Crippen LogP contribution in [0, 0.1) is 5.92 Å². The number of hydrogen-bond donors (Lipinski definition) is 3. The third-order valence-corrected chi connectivity index (χ3v) is 5.22. The van der Waals surface area contributed by atoms with Crippen molar-refractivity contribution in [2.45, 2.75) is 31.1 Å². The average molecular weight is 377 g/mol. The molecule has 0 radical (unpaired) electrons. The molecule has 3 N–H and O–H groups in total. The second-order valence-corrected chi connectivity index (χ2v) is 6.82. The first-order chi connectivity index (χ1) is 9.87. The van der Waals surface area contributed by atoms with Gasteiger partial charge in [0, 0.05) is 23.2 Å².